The molecule has 86 valence electrons. The van der Waals surface area contributed by atoms with Gasteiger partial charge in [0, 0.05) is 20.1 Å². The molecule has 0 radical (unpaired) electrons. The maximum atomic E-state index is 11.5. The van der Waals surface area contributed by atoms with Crippen LogP contribution >= 0.6 is 0 Å². The molecule has 2 rings (SSSR count). The van der Waals surface area contributed by atoms with Crippen LogP contribution in [0.1, 0.15) is 23.6 Å². The van der Waals surface area contributed by atoms with Crippen LogP contribution in [0.3, 0.4) is 0 Å². The highest BCUT2D eigenvalue weighted by Crippen LogP contribution is 2.20. The lowest BCUT2D eigenvalue weighted by Gasteiger charge is -2.28. The van der Waals surface area contributed by atoms with Gasteiger partial charge in [0.05, 0.1) is 0 Å². The van der Waals surface area contributed by atoms with Crippen molar-refractivity contribution in [2.75, 3.05) is 13.6 Å². The number of aryl methyl sites for hydroxylation is 1. The molecule has 0 spiro atoms. The molecule has 0 aromatic heterocycles. The Bertz CT molecular complexity index is 401. The molecule has 1 aromatic carbocycles. The Balaban J connectivity index is 2.18. The molecule has 0 saturated heterocycles. The molecule has 3 heteroatoms. The first kappa shape index (κ1) is 11.0. The smallest absolute Gasteiger partial charge is 0.317 e. The summed E-state index contributed by atoms with van der Waals surface area (Å²) in [6.45, 7) is 3.72. The number of urea groups is 1. The fourth-order valence-corrected chi connectivity index (χ4v) is 2.16. The molecule has 1 aliphatic heterocycles. The van der Waals surface area contributed by atoms with Gasteiger partial charge >= 0.3 is 6.03 Å². The summed E-state index contributed by atoms with van der Waals surface area (Å²) in [4.78, 5) is 13.4. The largest absolute Gasteiger partial charge is 0.341 e. The molecule has 16 heavy (non-hydrogen) atoms. The van der Waals surface area contributed by atoms with Crippen LogP contribution < -0.4 is 5.32 Å². The normalized spacial score (nSPS) is 14.5. The summed E-state index contributed by atoms with van der Waals surface area (Å²) in [5, 5.41) is 2.68. The van der Waals surface area contributed by atoms with Crippen molar-refractivity contribution in [3.8, 4) is 0 Å². The van der Waals surface area contributed by atoms with Gasteiger partial charge in [0.15, 0.2) is 0 Å². The SMILES string of the molecule is CCc1ccc2c(c1)CCN(C(=O)NC)C2. The number of hydrogen-bond donors (Lipinski definition) is 1. The van der Waals surface area contributed by atoms with Crippen LogP contribution in [0.2, 0.25) is 0 Å². The Labute approximate surface area is 96.5 Å². The minimum Gasteiger partial charge on any atom is -0.341 e. The molecule has 0 fully saturated rings. The molecule has 2 amide bonds. The number of carbonyl (C=O) groups excluding carboxylic acids is 1. The molecule has 0 aliphatic carbocycles. The van der Waals surface area contributed by atoms with Crippen molar-refractivity contribution in [1.82, 2.24) is 10.2 Å². The van der Waals surface area contributed by atoms with Crippen LogP contribution in [0.5, 0.6) is 0 Å². The van der Waals surface area contributed by atoms with E-state index in [4.69, 9.17) is 0 Å². The van der Waals surface area contributed by atoms with Gasteiger partial charge < -0.3 is 10.2 Å². The molecule has 1 aliphatic rings. The zero-order chi connectivity index (χ0) is 11.5. The van der Waals surface area contributed by atoms with E-state index in [2.05, 4.69) is 30.4 Å². The molecule has 1 N–H and O–H groups in total. The van der Waals surface area contributed by atoms with Crippen molar-refractivity contribution in [2.45, 2.75) is 26.3 Å². The molecule has 1 aromatic rings. The summed E-state index contributed by atoms with van der Waals surface area (Å²) in [6.07, 6.45) is 2.04. The van der Waals surface area contributed by atoms with Gasteiger partial charge in [0.25, 0.3) is 0 Å². The quantitative estimate of drug-likeness (QED) is 0.767. The van der Waals surface area contributed by atoms with E-state index in [1.807, 2.05) is 4.90 Å². The van der Waals surface area contributed by atoms with Crippen LogP contribution in [-0.4, -0.2) is 24.5 Å². The highest BCUT2D eigenvalue weighted by molar-refractivity contribution is 5.74. The lowest BCUT2D eigenvalue weighted by Crippen LogP contribution is -2.41. The van der Waals surface area contributed by atoms with E-state index < -0.39 is 0 Å². The third-order valence-corrected chi connectivity index (χ3v) is 3.19. The van der Waals surface area contributed by atoms with Gasteiger partial charge in [-0.3, -0.25) is 0 Å². The summed E-state index contributed by atoms with van der Waals surface area (Å²) in [7, 11) is 1.68. The molecular formula is C13H18N2O. The van der Waals surface area contributed by atoms with E-state index >= 15 is 0 Å². The maximum Gasteiger partial charge on any atom is 0.317 e. The number of nitrogens with one attached hydrogen (secondary N) is 1. The van der Waals surface area contributed by atoms with Crippen LogP contribution in [0, 0.1) is 0 Å². The van der Waals surface area contributed by atoms with Crippen LogP contribution in [0.25, 0.3) is 0 Å². The lowest BCUT2D eigenvalue weighted by atomic mass is 9.97. The Morgan fingerprint density at radius 2 is 2.25 bits per heavy atom. The van der Waals surface area contributed by atoms with Gasteiger partial charge in [0.2, 0.25) is 0 Å². The van der Waals surface area contributed by atoms with Crippen LogP contribution in [0.15, 0.2) is 18.2 Å². The number of rotatable bonds is 1. The van der Waals surface area contributed by atoms with E-state index in [1.54, 1.807) is 7.05 Å². The van der Waals surface area contributed by atoms with Gasteiger partial charge in [-0.05, 0) is 29.5 Å². The zero-order valence-corrected chi connectivity index (χ0v) is 9.92. The topological polar surface area (TPSA) is 32.3 Å². The number of benzene rings is 1. The average molecular weight is 218 g/mol. The highest BCUT2D eigenvalue weighted by atomic mass is 16.2. The first-order chi connectivity index (χ1) is 7.74. The summed E-state index contributed by atoms with van der Waals surface area (Å²) in [5.74, 6) is 0. The molecule has 3 nitrogen and oxygen atoms in total. The van der Waals surface area contributed by atoms with Gasteiger partial charge in [0.1, 0.15) is 0 Å². The lowest BCUT2D eigenvalue weighted by molar-refractivity contribution is 0.194. The van der Waals surface area contributed by atoms with E-state index in [-0.39, 0.29) is 6.03 Å². The fraction of sp³-hybridized carbons (Fsp3) is 0.462. The Kier molecular flexibility index (Phi) is 3.13. The molecule has 0 atom stereocenters. The third-order valence-electron chi connectivity index (χ3n) is 3.19. The molecule has 0 saturated carbocycles. The van der Waals surface area contributed by atoms with Crippen molar-refractivity contribution in [3.63, 3.8) is 0 Å². The zero-order valence-electron chi connectivity index (χ0n) is 9.92. The van der Waals surface area contributed by atoms with Gasteiger partial charge in [-0.2, -0.15) is 0 Å². The van der Waals surface area contributed by atoms with E-state index in [1.165, 1.54) is 16.7 Å². The minimum absolute atomic E-state index is 0.0187. The predicted molar refractivity (Wildman–Crippen MR) is 64.4 cm³/mol. The summed E-state index contributed by atoms with van der Waals surface area (Å²) in [6, 6.07) is 6.61. The standard InChI is InChI=1S/C13H18N2O/c1-3-10-4-5-12-9-15(13(16)14-2)7-6-11(12)8-10/h4-5,8H,3,6-7,9H2,1-2H3,(H,14,16). The molecule has 0 unspecified atom stereocenters. The van der Waals surface area contributed by atoms with Crippen molar-refractivity contribution in [3.05, 3.63) is 34.9 Å². The number of hydrogen-bond acceptors (Lipinski definition) is 1. The maximum absolute atomic E-state index is 11.5. The van der Waals surface area contributed by atoms with Crippen LogP contribution in [-0.2, 0) is 19.4 Å². The van der Waals surface area contributed by atoms with E-state index in [9.17, 15) is 4.79 Å². The summed E-state index contributed by atoms with van der Waals surface area (Å²) >= 11 is 0. The first-order valence-electron chi connectivity index (χ1n) is 5.82. The Morgan fingerprint density at radius 3 is 2.94 bits per heavy atom. The van der Waals surface area contributed by atoms with E-state index in [0.717, 1.165) is 25.9 Å². The summed E-state index contributed by atoms with van der Waals surface area (Å²) < 4.78 is 0. The average Bonchev–Trinajstić information content (AvgIpc) is 2.36. The monoisotopic (exact) mass is 218 g/mol. The van der Waals surface area contributed by atoms with Gasteiger partial charge in [-0.25, -0.2) is 4.79 Å². The Morgan fingerprint density at radius 1 is 1.44 bits per heavy atom. The van der Waals surface area contributed by atoms with Crippen molar-refractivity contribution in [2.24, 2.45) is 0 Å². The number of carbonyl (C=O) groups is 1. The molecule has 0 bridgehead atoms. The van der Waals surface area contributed by atoms with Gasteiger partial charge in [-0.15, -0.1) is 0 Å². The minimum atomic E-state index is 0.0187. The van der Waals surface area contributed by atoms with Crippen molar-refractivity contribution < 1.29 is 4.79 Å². The molecule has 1 heterocycles. The van der Waals surface area contributed by atoms with Crippen LogP contribution in [0.4, 0.5) is 4.79 Å². The highest BCUT2D eigenvalue weighted by Gasteiger charge is 2.19. The number of amides is 2. The Hall–Kier alpha value is -1.51. The summed E-state index contributed by atoms with van der Waals surface area (Å²) in [5.41, 5.74) is 4.07. The predicted octanol–water partition coefficient (Wildman–Crippen LogP) is 1.95. The first-order valence-corrected chi connectivity index (χ1v) is 5.82. The molecular weight excluding hydrogens is 200 g/mol. The van der Waals surface area contributed by atoms with Crippen molar-refractivity contribution >= 4 is 6.03 Å². The van der Waals surface area contributed by atoms with Crippen molar-refractivity contribution in [1.29, 1.82) is 0 Å². The number of fused-ring (bicyclic) bond motifs is 1. The number of nitrogens with zero attached hydrogens (tertiary/aromatic N) is 1. The van der Waals surface area contributed by atoms with E-state index in [0.29, 0.717) is 0 Å². The van der Waals surface area contributed by atoms with Gasteiger partial charge in [-0.1, -0.05) is 25.1 Å². The second-order valence-corrected chi connectivity index (χ2v) is 4.18. The third kappa shape index (κ3) is 2.03. The second kappa shape index (κ2) is 4.56. The second-order valence-electron chi connectivity index (χ2n) is 4.18. The fourth-order valence-electron chi connectivity index (χ4n) is 2.16.